The summed E-state index contributed by atoms with van der Waals surface area (Å²) in [7, 11) is 0. The number of benzene rings is 2. The monoisotopic (exact) mass is 364 g/mol. The molecule has 0 unspecified atom stereocenters. The third-order valence-electron chi connectivity index (χ3n) is 4.23. The highest BCUT2D eigenvalue weighted by Crippen LogP contribution is 2.30. The van der Waals surface area contributed by atoms with E-state index in [1.807, 2.05) is 39.0 Å². The summed E-state index contributed by atoms with van der Waals surface area (Å²) in [5.74, 6) is -0.292. The average molecular weight is 364 g/mol. The summed E-state index contributed by atoms with van der Waals surface area (Å²) >= 11 is 0. The predicted molar refractivity (Wildman–Crippen MR) is 102 cm³/mol. The first-order valence-electron chi connectivity index (χ1n) is 8.74. The van der Waals surface area contributed by atoms with E-state index in [1.54, 1.807) is 23.1 Å². The van der Waals surface area contributed by atoms with Gasteiger partial charge in [-0.15, -0.1) is 0 Å². The summed E-state index contributed by atoms with van der Waals surface area (Å²) in [6.45, 7) is 6.31. The summed E-state index contributed by atoms with van der Waals surface area (Å²) in [4.78, 5) is 13.9. The molecule has 1 heterocycles. The zero-order valence-electron chi connectivity index (χ0n) is 15.6. The van der Waals surface area contributed by atoms with Crippen LogP contribution in [0, 0.1) is 17.1 Å². The lowest BCUT2D eigenvalue weighted by Crippen LogP contribution is -2.35. The maximum atomic E-state index is 13.2. The van der Waals surface area contributed by atoms with Crippen LogP contribution < -0.4 is 0 Å². The molecule has 0 aromatic heterocycles. The van der Waals surface area contributed by atoms with Gasteiger partial charge < -0.3 is 9.64 Å². The van der Waals surface area contributed by atoms with E-state index in [0.29, 0.717) is 18.7 Å². The van der Waals surface area contributed by atoms with E-state index < -0.39 is 5.60 Å². The van der Waals surface area contributed by atoms with Crippen LogP contribution in [0.4, 0.5) is 9.18 Å². The molecule has 1 amide bonds. The Morgan fingerprint density at radius 3 is 2.44 bits per heavy atom. The van der Waals surface area contributed by atoms with Gasteiger partial charge in [-0.2, -0.15) is 5.26 Å². The smallest absolute Gasteiger partial charge is 0.410 e. The van der Waals surface area contributed by atoms with Gasteiger partial charge in [0.2, 0.25) is 0 Å². The van der Waals surface area contributed by atoms with E-state index in [2.05, 4.69) is 6.07 Å². The van der Waals surface area contributed by atoms with Crippen molar-refractivity contribution in [2.75, 3.05) is 13.1 Å². The summed E-state index contributed by atoms with van der Waals surface area (Å²) in [6, 6.07) is 13.9. The molecule has 0 aliphatic carbocycles. The number of nitriles is 1. The van der Waals surface area contributed by atoms with Crippen molar-refractivity contribution in [3.05, 3.63) is 65.5 Å². The molecule has 1 aliphatic heterocycles. The van der Waals surface area contributed by atoms with Crippen LogP contribution in [0.25, 0.3) is 16.7 Å². The van der Waals surface area contributed by atoms with E-state index in [-0.39, 0.29) is 11.9 Å². The molecule has 1 aliphatic rings. The van der Waals surface area contributed by atoms with Gasteiger partial charge in [-0.05, 0) is 67.3 Å². The Bertz CT molecular complexity index is 934. The quantitative estimate of drug-likeness (QED) is 0.754. The van der Waals surface area contributed by atoms with Gasteiger partial charge in [0.15, 0.2) is 0 Å². The number of rotatable bonds is 2. The molecule has 0 bridgehead atoms. The van der Waals surface area contributed by atoms with Crippen LogP contribution in [0.15, 0.2) is 48.5 Å². The number of carbonyl (C=O) groups is 1. The van der Waals surface area contributed by atoms with E-state index >= 15 is 0 Å². The minimum atomic E-state index is -0.555. The van der Waals surface area contributed by atoms with Gasteiger partial charge in [0.25, 0.3) is 0 Å². The third kappa shape index (κ3) is 4.35. The molecule has 2 aromatic carbocycles. The topological polar surface area (TPSA) is 53.3 Å². The first-order valence-corrected chi connectivity index (χ1v) is 8.74. The van der Waals surface area contributed by atoms with E-state index in [0.717, 1.165) is 22.3 Å². The van der Waals surface area contributed by atoms with Crippen molar-refractivity contribution in [3.8, 4) is 17.2 Å². The van der Waals surface area contributed by atoms with Crippen LogP contribution in [-0.4, -0.2) is 29.7 Å². The number of carbonyl (C=O) groups excluding carboxylic acids is 1. The molecule has 0 fully saturated rings. The lowest BCUT2D eigenvalue weighted by atomic mass is 9.95. The largest absolute Gasteiger partial charge is 0.444 e. The summed E-state index contributed by atoms with van der Waals surface area (Å²) in [6.07, 6.45) is 1.57. The molecular weight excluding hydrogens is 343 g/mol. The number of hydrogen-bond acceptors (Lipinski definition) is 3. The summed E-state index contributed by atoms with van der Waals surface area (Å²) < 4.78 is 18.6. The minimum absolute atomic E-state index is 0.292. The molecule has 3 rings (SSSR count). The highest BCUT2D eigenvalue weighted by molar-refractivity contribution is 5.81. The molecule has 0 radical (unpaired) electrons. The van der Waals surface area contributed by atoms with Gasteiger partial charge in [0.1, 0.15) is 11.4 Å². The molecular formula is C22H21FN2O2. The number of nitrogens with zero attached hydrogens (tertiary/aromatic N) is 2. The SMILES string of the molecule is CC(C)(C)OC(=O)N1CC=C(c2cc(-c3ccc(F)cc3)ccc2C#N)C1. The van der Waals surface area contributed by atoms with Crippen LogP contribution in [-0.2, 0) is 4.74 Å². The number of halogens is 1. The average Bonchev–Trinajstić information content (AvgIpc) is 3.10. The molecule has 0 N–H and O–H groups in total. The first-order chi connectivity index (χ1) is 12.8. The van der Waals surface area contributed by atoms with Gasteiger partial charge in [-0.25, -0.2) is 9.18 Å². The lowest BCUT2D eigenvalue weighted by Gasteiger charge is -2.24. The van der Waals surface area contributed by atoms with E-state index in [1.165, 1.54) is 12.1 Å². The fourth-order valence-corrected chi connectivity index (χ4v) is 2.95. The maximum Gasteiger partial charge on any atom is 0.410 e. The highest BCUT2D eigenvalue weighted by atomic mass is 19.1. The fraction of sp³-hybridized carbons (Fsp3) is 0.273. The molecule has 138 valence electrons. The van der Waals surface area contributed by atoms with Crippen LogP contribution >= 0.6 is 0 Å². The molecule has 0 atom stereocenters. The maximum absolute atomic E-state index is 13.2. The fourth-order valence-electron chi connectivity index (χ4n) is 2.95. The van der Waals surface area contributed by atoms with Crippen molar-refractivity contribution in [1.82, 2.24) is 4.90 Å². The van der Waals surface area contributed by atoms with E-state index in [9.17, 15) is 14.4 Å². The van der Waals surface area contributed by atoms with Gasteiger partial charge >= 0.3 is 6.09 Å². The van der Waals surface area contributed by atoms with Crippen LogP contribution in [0.3, 0.4) is 0 Å². The zero-order valence-corrected chi connectivity index (χ0v) is 15.6. The summed E-state index contributed by atoms with van der Waals surface area (Å²) in [5.41, 5.74) is 3.43. The van der Waals surface area contributed by atoms with Gasteiger partial charge in [0.05, 0.1) is 11.6 Å². The number of ether oxygens (including phenoxy) is 1. The predicted octanol–water partition coefficient (Wildman–Crippen LogP) is 5.00. The lowest BCUT2D eigenvalue weighted by molar-refractivity contribution is 0.0306. The first kappa shape index (κ1) is 18.7. The second-order valence-corrected chi connectivity index (χ2v) is 7.47. The second-order valence-electron chi connectivity index (χ2n) is 7.47. The molecule has 2 aromatic rings. The molecule has 0 saturated carbocycles. The van der Waals surface area contributed by atoms with Crippen molar-refractivity contribution in [2.24, 2.45) is 0 Å². The van der Waals surface area contributed by atoms with Gasteiger partial charge in [0, 0.05) is 13.1 Å². The van der Waals surface area contributed by atoms with Crippen LogP contribution in [0.2, 0.25) is 0 Å². The van der Waals surface area contributed by atoms with Crippen LogP contribution in [0.1, 0.15) is 31.9 Å². The number of amides is 1. The summed E-state index contributed by atoms with van der Waals surface area (Å²) in [5, 5.41) is 9.47. The number of hydrogen-bond donors (Lipinski definition) is 0. The minimum Gasteiger partial charge on any atom is -0.444 e. The Labute approximate surface area is 158 Å². The highest BCUT2D eigenvalue weighted by Gasteiger charge is 2.26. The van der Waals surface area contributed by atoms with Crippen molar-refractivity contribution >= 4 is 11.7 Å². The zero-order chi connectivity index (χ0) is 19.6. The molecule has 0 spiro atoms. The Balaban J connectivity index is 1.86. The van der Waals surface area contributed by atoms with Crippen molar-refractivity contribution in [1.29, 1.82) is 5.26 Å². The third-order valence-corrected chi connectivity index (χ3v) is 4.23. The van der Waals surface area contributed by atoms with Crippen molar-refractivity contribution < 1.29 is 13.9 Å². The standard InChI is InChI=1S/C22H21FN2O2/c1-22(2,3)27-21(26)25-11-10-18(14-25)20-12-16(4-5-17(20)13-24)15-6-8-19(23)9-7-15/h4-10,12H,11,14H2,1-3H3. The second kappa shape index (κ2) is 7.24. The van der Waals surface area contributed by atoms with Crippen molar-refractivity contribution in [2.45, 2.75) is 26.4 Å². The molecule has 4 nitrogen and oxygen atoms in total. The molecule has 0 saturated heterocycles. The normalized spacial score (nSPS) is 13.9. The van der Waals surface area contributed by atoms with Crippen molar-refractivity contribution in [3.63, 3.8) is 0 Å². The van der Waals surface area contributed by atoms with Crippen LogP contribution in [0.5, 0.6) is 0 Å². The Kier molecular flexibility index (Phi) is 5.00. The Hall–Kier alpha value is -3.13. The van der Waals surface area contributed by atoms with Gasteiger partial charge in [-0.3, -0.25) is 0 Å². The molecule has 27 heavy (non-hydrogen) atoms. The molecule has 5 heteroatoms. The van der Waals surface area contributed by atoms with Gasteiger partial charge in [-0.1, -0.05) is 24.3 Å². The Morgan fingerprint density at radius 1 is 1.15 bits per heavy atom. The Morgan fingerprint density at radius 2 is 1.81 bits per heavy atom. The van der Waals surface area contributed by atoms with E-state index in [4.69, 9.17) is 4.74 Å².